The Hall–Kier alpha value is -0.120. The first-order valence-corrected chi connectivity index (χ1v) is 6.04. The third-order valence-electron chi connectivity index (χ3n) is 2.34. The van der Waals surface area contributed by atoms with Gasteiger partial charge in [-0.3, -0.25) is 0 Å². The van der Waals surface area contributed by atoms with Crippen LogP contribution in [0.25, 0.3) is 0 Å². The molecule has 0 aromatic heterocycles. The molecule has 0 heterocycles. The van der Waals surface area contributed by atoms with Crippen molar-refractivity contribution >= 4 is 0 Å². The van der Waals surface area contributed by atoms with E-state index in [4.69, 9.17) is 9.47 Å². The third kappa shape index (κ3) is 8.85. The Morgan fingerprint density at radius 2 is 1.93 bits per heavy atom. The molecule has 1 N–H and O–H groups in total. The van der Waals surface area contributed by atoms with E-state index in [1.165, 1.54) is 6.42 Å². The molecule has 0 radical (unpaired) electrons. The van der Waals surface area contributed by atoms with Gasteiger partial charge in [0, 0.05) is 26.4 Å². The van der Waals surface area contributed by atoms with Crippen LogP contribution in [0, 0.1) is 5.92 Å². The molecule has 0 rings (SSSR count). The van der Waals surface area contributed by atoms with Crippen LogP contribution in [0.1, 0.15) is 33.6 Å². The summed E-state index contributed by atoms with van der Waals surface area (Å²) in [6, 6.07) is 0.468. The monoisotopic (exact) mass is 217 g/mol. The van der Waals surface area contributed by atoms with Gasteiger partial charge in [0.25, 0.3) is 0 Å². The predicted molar refractivity (Wildman–Crippen MR) is 64.2 cm³/mol. The first kappa shape index (κ1) is 14.9. The molecular formula is C12H27NO2. The van der Waals surface area contributed by atoms with E-state index in [1.807, 2.05) is 6.92 Å². The summed E-state index contributed by atoms with van der Waals surface area (Å²) in [7, 11) is 1.76. The van der Waals surface area contributed by atoms with Crippen molar-refractivity contribution in [1.82, 2.24) is 5.32 Å². The molecule has 92 valence electrons. The second-order valence-corrected chi connectivity index (χ2v) is 4.11. The van der Waals surface area contributed by atoms with E-state index in [0.29, 0.717) is 12.0 Å². The molecule has 0 saturated carbocycles. The number of ether oxygens (including phenoxy) is 2. The van der Waals surface area contributed by atoms with E-state index in [0.717, 1.165) is 32.8 Å². The lowest BCUT2D eigenvalue weighted by Gasteiger charge is -2.21. The lowest BCUT2D eigenvalue weighted by Crippen LogP contribution is -2.36. The summed E-state index contributed by atoms with van der Waals surface area (Å²) in [6.07, 6.45) is 2.29. The molecule has 0 aliphatic heterocycles. The van der Waals surface area contributed by atoms with Gasteiger partial charge in [-0.05, 0) is 32.2 Å². The third-order valence-corrected chi connectivity index (χ3v) is 2.34. The second kappa shape index (κ2) is 10.4. The normalized spacial score (nSPS) is 15.2. The number of methoxy groups -OCH3 is 1. The van der Waals surface area contributed by atoms with Crippen LogP contribution in [0.3, 0.4) is 0 Å². The zero-order valence-electron chi connectivity index (χ0n) is 10.7. The summed E-state index contributed by atoms with van der Waals surface area (Å²) >= 11 is 0. The van der Waals surface area contributed by atoms with Gasteiger partial charge in [-0.15, -0.1) is 0 Å². The van der Waals surface area contributed by atoms with Crippen LogP contribution in [0.15, 0.2) is 0 Å². The molecule has 0 bridgehead atoms. The zero-order chi connectivity index (χ0) is 11.5. The lowest BCUT2D eigenvalue weighted by molar-refractivity contribution is 0.100. The van der Waals surface area contributed by atoms with Gasteiger partial charge in [0.2, 0.25) is 0 Å². The highest BCUT2D eigenvalue weighted by Gasteiger charge is 2.12. The number of hydrogen-bond donors (Lipinski definition) is 1. The van der Waals surface area contributed by atoms with E-state index >= 15 is 0 Å². The molecule has 15 heavy (non-hydrogen) atoms. The maximum Gasteiger partial charge on any atom is 0.0619 e. The fraction of sp³-hybridized carbons (Fsp3) is 1.00. The minimum atomic E-state index is 0.468. The molecule has 0 amide bonds. The maximum atomic E-state index is 5.47. The van der Waals surface area contributed by atoms with E-state index < -0.39 is 0 Å². The summed E-state index contributed by atoms with van der Waals surface area (Å²) in [6.45, 7) is 9.94. The topological polar surface area (TPSA) is 30.5 Å². The van der Waals surface area contributed by atoms with E-state index in [-0.39, 0.29) is 0 Å². The average molecular weight is 217 g/mol. The Labute approximate surface area is 94.5 Å². The predicted octanol–water partition coefficient (Wildman–Crippen LogP) is 2.06. The summed E-state index contributed by atoms with van der Waals surface area (Å²) in [5.41, 5.74) is 0. The molecule has 3 heteroatoms. The van der Waals surface area contributed by atoms with E-state index in [2.05, 4.69) is 19.2 Å². The first-order chi connectivity index (χ1) is 7.24. The fourth-order valence-corrected chi connectivity index (χ4v) is 1.66. The molecule has 0 aliphatic rings. The SMILES string of the molecule is CCCNC(COCC)CC(C)COC. The molecule has 2 atom stereocenters. The van der Waals surface area contributed by atoms with Crippen molar-refractivity contribution in [1.29, 1.82) is 0 Å². The van der Waals surface area contributed by atoms with Crippen molar-refractivity contribution in [3.63, 3.8) is 0 Å². The van der Waals surface area contributed by atoms with Gasteiger partial charge >= 0.3 is 0 Å². The number of hydrogen-bond acceptors (Lipinski definition) is 3. The van der Waals surface area contributed by atoms with Crippen molar-refractivity contribution in [2.45, 2.75) is 39.7 Å². The Balaban J connectivity index is 3.76. The van der Waals surface area contributed by atoms with Gasteiger partial charge in [0.05, 0.1) is 6.61 Å². The number of nitrogens with one attached hydrogen (secondary N) is 1. The summed E-state index contributed by atoms with van der Waals surface area (Å²) in [5.74, 6) is 0.588. The Bertz CT molecular complexity index is 123. The van der Waals surface area contributed by atoms with Crippen molar-refractivity contribution in [2.75, 3.05) is 33.5 Å². The maximum absolute atomic E-state index is 5.47. The average Bonchev–Trinajstić information content (AvgIpc) is 2.22. The van der Waals surface area contributed by atoms with Crippen LogP contribution in [0.2, 0.25) is 0 Å². The number of rotatable bonds is 10. The second-order valence-electron chi connectivity index (χ2n) is 4.11. The van der Waals surface area contributed by atoms with Gasteiger partial charge in [-0.2, -0.15) is 0 Å². The summed E-state index contributed by atoms with van der Waals surface area (Å²) < 4.78 is 10.6. The van der Waals surface area contributed by atoms with Gasteiger partial charge in [0.15, 0.2) is 0 Å². The largest absolute Gasteiger partial charge is 0.384 e. The molecular weight excluding hydrogens is 190 g/mol. The van der Waals surface area contributed by atoms with Crippen LogP contribution in [-0.4, -0.2) is 39.5 Å². The van der Waals surface area contributed by atoms with E-state index in [9.17, 15) is 0 Å². The lowest BCUT2D eigenvalue weighted by atomic mass is 10.0. The molecule has 2 unspecified atom stereocenters. The highest BCUT2D eigenvalue weighted by Crippen LogP contribution is 2.07. The smallest absolute Gasteiger partial charge is 0.0619 e. The van der Waals surface area contributed by atoms with Crippen LogP contribution in [-0.2, 0) is 9.47 Å². The molecule has 0 aliphatic carbocycles. The quantitative estimate of drug-likeness (QED) is 0.607. The van der Waals surface area contributed by atoms with Gasteiger partial charge < -0.3 is 14.8 Å². The van der Waals surface area contributed by atoms with Crippen LogP contribution >= 0.6 is 0 Å². The van der Waals surface area contributed by atoms with Crippen LogP contribution in [0.4, 0.5) is 0 Å². The minimum Gasteiger partial charge on any atom is -0.384 e. The van der Waals surface area contributed by atoms with Crippen LogP contribution < -0.4 is 5.32 Å². The standard InChI is InChI=1S/C12H27NO2/c1-5-7-13-12(10-15-6-2)8-11(3)9-14-4/h11-13H,5-10H2,1-4H3. The first-order valence-electron chi connectivity index (χ1n) is 6.04. The van der Waals surface area contributed by atoms with Crippen molar-refractivity contribution in [2.24, 2.45) is 5.92 Å². The van der Waals surface area contributed by atoms with Gasteiger partial charge in [0.1, 0.15) is 0 Å². The summed E-state index contributed by atoms with van der Waals surface area (Å²) in [4.78, 5) is 0. The summed E-state index contributed by atoms with van der Waals surface area (Å²) in [5, 5.41) is 3.51. The molecule has 0 spiro atoms. The van der Waals surface area contributed by atoms with Gasteiger partial charge in [-0.25, -0.2) is 0 Å². The van der Waals surface area contributed by atoms with Gasteiger partial charge in [-0.1, -0.05) is 13.8 Å². The highest BCUT2D eigenvalue weighted by atomic mass is 16.5. The highest BCUT2D eigenvalue weighted by molar-refractivity contribution is 4.69. The molecule has 0 fully saturated rings. The zero-order valence-corrected chi connectivity index (χ0v) is 10.7. The fourth-order valence-electron chi connectivity index (χ4n) is 1.66. The molecule has 0 aromatic carbocycles. The van der Waals surface area contributed by atoms with E-state index in [1.54, 1.807) is 7.11 Å². The Morgan fingerprint density at radius 1 is 1.20 bits per heavy atom. The molecule has 0 saturated heterocycles. The minimum absolute atomic E-state index is 0.468. The Morgan fingerprint density at radius 3 is 2.47 bits per heavy atom. The van der Waals surface area contributed by atoms with Crippen molar-refractivity contribution in [3.05, 3.63) is 0 Å². The van der Waals surface area contributed by atoms with Crippen molar-refractivity contribution in [3.8, 4) is 0 Å². The molecule has 3 nitrogen and oxygen atoms in total. The van der Waals surface area contributed by atoms with Crippen molar-refractivity contribution < 1.29 is 9.47 Å². The Kier molecular flexibility index (Phi) is 10.3. The molecule has 0 aromatic rings. The van der Waals surface area contributed by atoms with Crippen LogP contribution in [0.5, 0.6) is 0 Å².